The number of hydrogen-bond acceptors (Lipinski definition) is 7. The number of nitrogens with zero attached hydrogens (tertiary/aromatic N) is 1. The molecule has 8 heteroatoms. The van der Waals surface area contributed by atoms with Crippen LogP contribution in [0.5, 0.6) is 0 Å². The first-order valence-corrected chi connectivity index (χ1v) is 13.2. The maximum atomic E-state index is 13.1. The highest BCUT2D eigenvalue weighted by atomic mass is 32.1. The topological polar surface area (TPSA) is 89.0 Å². The van der Waals surface area contributed by atoms with Crippen molar-refractivity contribution in [2.75, 3.05) is 0 Å². The van der Waals surface area contributed by atoms with Gasteiger partial charge in [-0.1, -0.05) is 34.1 Å². The summed E-state index contributed by atoms with van der Waals surface area (Å²) in [5, 5.41) is 13.0. The number of ketones is 1. The highest BCUT2D eigenvalue weighted by molar-refractivity contribution is 7.09. The number of halogens is 1. The van der Waals surface area contributed by atoms with Crippen molar-refractivity contribution in [1.29, 1.82) is 0 Å². The Kier molecular flexibility index (Phi) is 9.04. The Balaban J connectivity index is 1.77. The standard InChI is InChI=1S/C26H38FNO5S/c1-15-7-6-8-19-21(32-19)12-20(16(2)11-18-14-34-22(13-27)28-18)33-23(29)9-10-26(4,5)25(31)17(3)24(15)30/h11,14-15,17,19-21,24,30H,6-10,12-13H2,1-5H3/b16-11+/t15-,17+,19?,20?,21?,24?/m0/s1. The molecule has 0 saturated carbocycles. The lowest BCUT2D eigenvalue weighted by molar-refractivity contribution is -0.149. The van der Waals surface area contributed by atoms with Gasteiger partial charge in [0, 0.05) is 29.6 Å². The lowest BCUT2D eigenvalue weighted by Crippen LogP contribution is -2.39. The van der Waals surface area contributed by atoms with Crippen molar-refractivity contribution in [3.63, 3.8) is 0 Å². The number of ether oxygens (including phenoxy) is 2. The molecule has 0 aliphatic carbocycles. The summed E-state index contributed by atoms with van der Waals surface area (Å²) in [6.07, 6.45) is 4.39. The number of Topliss-reactive ketones (excluding diaryl/α,β-unsaturated/α-hetero) is 1. The molecule has 0 bridgehead atoms. The van der Waals surface area contributed by atoms with E-state index in [1.165, 1.54) is 11.3 Å². The van der Waals surface area contributed by atoms with Crippen LogP contribution in [0, 0.1) is 17.3 Å². The Morgan fingerprint density at radius 1 is 1.29 bits per heavy atom. The van der Waals surface area contributed by atoms with Crippen LogP contribution in [0.2, 0.25) is 0 Å². The first-order chi connectivity index (χ1) is 16.0. The molecule has 2 fully saturated rings. The third-order valence-electron chi connectivity index (χ3n) is 7.25. The molecule has 6 nitrogen and oxygen atoms in total. The van der Waals surface area contributed by atoms with Crippen molar-refractivity contribution in [1.82, 2.24) is 4.98 Å². The Morgan fingerprint density at radius 2 is 2.03 bits per heavy atom. The van der Waals surface area contributed by atoms with Crippen molar-refractivity contribution in [3.8, 4) is 0 Å². The van der Waals surface area contributed by atoms with E-state index in [0.717, 1.165) is 24.8 Å². The number of cyclic esters (lactones) is 1. The fourth-order valence-electron chi connectivity index (χ4n) is 4.79. The molecule has 1 N–H and O–H groups in total. The zero-order valence-electron chi connectivity index (χ0n) is 20.9. The number of carbonyl (C=O) groups excluding carboxylic acids is 2. The number of epoxide rings is 1. The largest absolute Gasteiger partial charge is 0.458 e. The highest BCUT2D eigenvalue weighted by Gasteiger charge is 2.42. The fourth-order valence-corrected chi connectivity index (χ4v) is 5.39. The normalized spacial score (nSPS) is 33.8. The lowest BCUT2D eigenvalue weighted by atomic mass is 9.74. The van der Waals surface area contributed by atoms with Gasteiger partial charge in [-0.15, -0.1) is 11.3 Å². The molecular weight excluding hydrogens is 457 g/mol. The van der Waals surface area contributed by atoms with Crippen LogP contribution in [0.3, 0.4) is 0 Å². The molecular formula is C26H38FNO5S. The second-order valence-electron chi connectivity index (χ2n) is 10.6. The first kappa shape index (κ1) is 27.0. The SMILES string of the molecule is C/C(=C\c1csc(CF)n1)C1CC2OC2CCC[C@H](C)C(O)[C@@H](C)C(=O)C(C)(C)CCC(=O)O1. The quantitative estimate of drug-likeness (QED) is 0.453. The minimum absolute atomic E-state index is 0.00932. The van der Waals surface area contributed by atoms with Gasteiger partial charge in [-0.2, -0.15) is 0 Å². The van der Waals surface area contributed by atoms with Gasteiger partial charge in [-0.05, 0) is 43.8 Å². The van der Waals surface area contributed by atoms with Crippen LogP contribution >= 0.6 is 11.3 Å². The van der Waals surface area contributed by atoms with Gasteiger partial charge in [0.1, 0.15) is 23.6 Å². The van der Waals surface area contributed by atoms with Crippen molar-refractivity contribution in [2.45, 2.75) is 104 Å². The van der Waals surface area contributed by atoms with Crippen LogP contribution in [0.15, 0.2) is 11.0 Å². The number of aliphatic hydroxyl groups is 1. The van der Waals surface area contributed by atoms with Gasteiger partial charge in [0.2, 0.25) is 0 Å². The Bertz CT molecular complexity index is 898. The molecule has 0 amide bonds. The summed E-state index contributed by atoms with van der Waals surface area (Å²) in [5.41, 5.74) is 0.741. The minimum Gasteiger partial charge on any atom is -0.458 e. The van der Waals surface area contributed by atoms with Crippen LogP contribution in [0.4, 0.5) is 4.39 Å². The highest BCUT2D eigenvalue weighted by Crippen LogP contribution is 2.36. The molecule has 1 aromatic rings. The Morgan fingerprint density at radius 3 is 2.71 bits per heavy atom. The van der Waals surface area contributed by atoms with E-state index in [4.69, 9.17) is 9.47 Å². The summed E-state index contributed by atoms with van der Waals surface area (Å²) >= 11 is 1.26. The number of aromatic nitrogens is 1. The van der Waals surface area contributed by atoms with E-state index in [2.05, 4.69) is 4.98 Å². The zero-order valence-corrected chi connectivity index (χ0v) is 21.7. The third kappa shape index (κ3) is 6.95. The van der Waals surface area contributed by atoms with E-state index in [-0.39, 0.29) is 36.3 Å². The van der Waals surface area contributed by atoms with E-state index in [1.807, 2.05) is 33.8 Å². The second kappa shape index (κ2) is 11.4. The molecule has 2 aliphatic rings. The molecule has 2 saturated heterocycles. The molecule has 3 heterocycles. The number of hydrogen-bond donors (Lipinski definition) is 1. The molecule has 0 spiro atoms. The predicted molar refractivity (Wildman–Crippen MR) is 130 cm³/mol. The summed E-state index contributed by atoms with van der Waals surface area (Å²) in [6, 6.07) is 0. The van der Waals surface area contributed by atoms with Gasteiger partial charge >= 0.3 is 5.97 Å². The molecule has 4 unspecified atom stereocenters. The van der Waals surface area contributed by atoms with Gasteiger partial charge < -0.3 is 14.6 Å². The maximum Gasteiger partial charge on any atom is 0.306 e. The predicted octanol–water partition coefficient (Wildman–Crippen LogP) is 5.28. The number of esters is 1. The molecule has 34 heavy (non-hydrogen) atoms. The number of aliphatic hydroxyl groups excluding tert-OH is 1. The maximum absolute atomic E-state index is 13.1. The monoisotopic (exact) mass is 495 g/mol. The number of thiazole rings is 1. The third-order valence-corrected chi connectivity index (χ3v) is 8.08. The van der Waals surface area contributed by atoms with Crippen LogP contribution in [0.25, 0.3) is 6.08 Å². The fraction of sp³-hybridized carbons (Fsp3) is 0.731. The molecule has 3 rings (SSSR count). The minimum atomic E-state index is -0.745. The first-order valence-electron chi connectivity index (χ1n) is 12.3. The van der Waals surface area contributed by atoms with Gasteiger partial charge in [0.15, 0.2) is 0 Å². The van der Waals surface area contributed by atoms with Gasteiger partial charge in [-0.25, -0.2) is 9.37 Å². The number of alkyl halides is 1. The summed E-state index contributed by atoms with van der Waals surface area (Å²) in [6.45, 7) is 8.72. The number of carbonyl (C=O) groups is 2. The Hall–Kier alpha value is -1.64. The molecule has 1 aromatic heterocycles. The number of fused-ring (bicyclic) bond motifs is 1. The summed E-state index contributed by atoms with van der Waals surface area (Å²) in [5.74, 6) is -0.886. The van der Waals surface area contributed by atoms with Gasteiger partial charge in [0.05, 0.1) is 24.0 Å². The average Bonchev–Trinajstić information content (AvgIpc) is 3.37. The summed E-state index contributed by atoms with van der Waals surface area (Å²) in [4.78, 5) is 30.1. The van der Waals surface area contributed by atoms with Crippen LogP contribution in [-0.4, -0.2) is 46.3 Å². The van der Waals surface area contributed by atoms with Crippen LogP contribution < -0.4 is 0 Å². The van der Waals surface area contributed by atoms with Gasteiger partial charge in [0.25, 0.3) is 0 Å². The van der Waals surface area contributed by atoms with Crippen molar-refractivity contribution >= 4 is 29.2 Å². The lowest BCUT2D eigenvalue weighted by Gasteiger charge is -2.31. The molecule has 190 valence electrons. The molecule has 0 aromatic carbocycles. The molecule has 0 radical (unpaired) electrons. The average molecular weight is 496 g/mol. The summed E-state index contributed by atoms with van der Waals surface area (Å²) in [7, 11) is 0. The molecule has 6 atom stereocenters. The molecule has 2 aliphatic heterocycles. The van der Waals surface area contributed by atoms with Crippen LogP contribution in [-0.2, 0) is 25.7 Å². The summed E-state index contributed by atoms with van der Waals surface area (Å²) < 4.78 is 24.6. The number of rotatable bonds is 3. The Labute approximate surface area is 205 Å². The zero-order chi connectivity index (χ0) is 25.0. The van der Waals surface area contributed by atoms with Crippen molar-refractivity contribution in [3.05, 3.63) is 21.7 Å². The van der Waals surface area contributed by atoms with E-state index < -0.39 is 30.2 Å². The van der Waals surface area contributed by atoms with E-state index in [1.54, 1.807) is 12.3 Å². The smallest absolute Gasteiger partial charge is 0.306 e. The van der Waals surface area contributed by atoms with Gasteiger partial charge in [-0.3, -0.25) is 9.59 Å². The van der Waals surface area contributed by atoms with E-state index in [0.29, 0.717) is 23.5 Å². The van der Waals surface area contributed by atoms with Crippen molar-refractivity contribution in [2.24, 2.45) is 17.3 Å². The second-order valence-corrected chi connectivity index (χ2v) is 11.5. The van der Waals surface area contributed by atoms with E-state index in [9.17, 15) is 19.1 Å². The van der Waals surface area contributed by atoms with Crippen LogP contribution in [0.1, 0.15) is 83.8 Å². The van der Waals surface area contributed by atoms with E-state index >= 15 is 0 Å². The van der Waals surface area contributed by atoms with Crippen molar-refractivity contribution < 1.29 is 28.6 Å².